The fourth-order valence-corrected chi connectivity index (χ4v) is 11.6. The number of thiol groups is 1. The van der Waals surface area contributed by atoms with E-state index < -0.39 is 26.3 Å². The Morgan fingerprint density at radius 3 is 2.11 bits per heavy atom. The molecule has 0 amide bonds. The Bertz CT molecular complexity index is 1620. The summed E-state index contributed by atoms with van der Waals surface area (Å²) in [4.78, 5) is 27.6. The monoisotopic (exact) mass is 658 g/mol. The fraction of sp³-hybridized carbons (Fsp3) is 0.405. The number of aromatic nitrogens is 2. The summed E-state index contributed by atoms with van der Waals surface area (Å²) >= 11 is 4.52. The smallest absolute Gasteiger partial charge is 0.330 e. The lowest BCUT2D eigenvalue weighted by Gasteiger charge is -2.46. The molecule has 9 heteroatoms. The minimum Gasteiger partial charge on any atom is -0.399 e. The van der Waals surface area contributed by atoms with E-state index in [1.54, 1.807) is 13.1 Å². The minimum absolute atomic E-state index is 0.0832. The van der Waals surface area contributed by atoms with E-state index in [2.05, 4.69) is 99.0 Å². The van der Waals surface area contributed by atoms with E-state index in [1.807, 2.05) is 30.3 Å². The number of hydrogen-bond acceptors (Lipinski definition) is 6. The van der Waals surface area contributed by atoms with Crippen LogP contribution in [0.1, 0.15) is 57.4 Å². The van der Waals surface area contributed by atoms with Gasteiger partial charge in [0.15, 0.2) is 0 Å². The van der Waals surface area contributed by atoms with Crippen molar-refractivity contribution in [2.24, 2.45) is 5.92 Å². The van der Waals surface area contributed by atoms with Gasteiger partial charge in [-0.15, -0.1) is 0 Å². The highest BCUT2D eigenvalue weighted by Crippen LogP contribution is 2.42. The van der Waals surface area contributed by atoms with E-state index in [0.29, 0.717) is 25.2 Å². The number of rotatable bonds is 13. The van der Waals surface area contributed by atoms with Crippen molar-refractivity contribution in [3.05, 3.63) is 129 Å². The van der Waals surface area contributed by atoms with E-state index >= 15 is 0 Å². The Hall–Kier alpha value is -3.21. The summed E-state index contributed by atoms with van der Waals surface area (Å²) in [6, 6.07) is 31.3. The van der Waals surface area contributed by atoms with Crippen LogP contribution >= 0.6 is 12.6 Å². The minimum atomic E-state index is -2.99. The van der Waals surface area contributed by atoms with Crippen molar-refractivity contribution >= 4 is 31.3 Å². The third kappa shape index (κ3) is 7.50. The molecule has 7 nitrogen and oxygen atoms in total. The number of nitrogens with one attached hydrogen (secondary N) is 1. The average molecular weight is 659 g/mol. The second kappa shape index (κ2) is 15.1. The predicted molar refractivity (Wildman–Crippen MR) is 190 cm³/mol. The van der Waals surface area contributed by atoms with Gasteiger partial charge in [0.1, 0.15) is 6.23 Å². The lowest BCUT2D eigenvalue weighted by molar-refractivity contribution is -0.0908. The molecule has 0 aliphatic carbocycles. The Balaban J connectivity index is 1.59. The van der Waals surface area contributed by atoms with Gasteiger partial charge in [-0.3, -0.25) is 14.3 Å². The molecule has 1 fully saturated rings. The fourth-order valence-electron chi connectivity index (χ4n) is 6.73. The number of ether oxygens (including phenoxy) is 2. The van der Waals surface area contributed by atoms with Gasteiger partial charge in [0, 0.05) is 11.8 Å². The molecule has 0 spiro atoms. The first-order chi connectivity index (χ1) is 22.1. The van der Waals surface area contributed by atoms with Crippen LogP contribution in [0.2, 0.25) is 5.04 Å². The van der Waals surface area contributed by atoms with Gasteiger partial charge >= 0.3 is 5.69 Å². The van der Waals surface area contributed by atoms with Crippen molar-refractivity contribution < 1.29 is 13.9 Å². The Morgan fingerprint density at radius 1 is 0.957 bits per heavy atom. The largest absolute Gasteiger partial charge is 0.399 e. The van der Waals surface area contributed by atoms with Gasteiger partial charge in [0.05, 0.1) is 25.4 Å². The van der Waals surface area contributed by atoms with Crippen LogP contribution < -0.4 is 21.6 Å². The van der Waals surface area contributed by atoms with Crippen LogP contribution in [0.15, 0.2) is 107 Å². The molecule has 0 radical (unpaired) electrons. The molecule has 1 N–H and O–H groups in total. The molecule has 244 valence electrons. The zero-order valence-corrected chi connectivity index (χ0v) is 29.1. The summed E-state index contributed by atoms with van der Waals surface area (Å²) < 4.78 is 22.5. The highest BCUT2D eigenvalue weighted by Gasteiger charge is 2.54. The summed E-state index contributed by atoms with van der Waals surface area (Å²) in [6.07, 6.45) is 2.64. The van der Waals surface area contributed by atoms with Crippen LogP contribution in [0.4, 0.5) is 0 Å². The Kier molecular flexibility index (Phi) is 11.2. The molecule has 4 atom stereocenters. The molecule has 1 aromatic heterocycles. The van der Waals surface area contributed by atoms with Gasteiger partial charge < -0.3 is 13.9 Å². The molecule has 2 heterocycles. The summed E-state index contributed by atoms with van der Waals surface area (Å²) in [5, 5.41) is 2.10. The summed E-state index contributed by atoms with van der Waals surface area (Å²) in [5.74, 6) is 0.830. The second-order valence-corrected chi connectivity index (χ2v) is 17.9. The normalized spacial score (nSPS) is 19.3. The zero-order chi connectivity index (χ0) is 32.7. The maximum Gasteiger partial charge on any atom is 0.330 e. The lowest BCUT2D eigenvalue weighted by Crippen LogP contribution is -2.69. The third-order valence-electron chi connectivity index (χ3n) is 8.98. The van der Waals surface area contributed by atoms with Crippen LogP contribution in [0.25, 0.3) is 0 Å². The lowest BCUT2D eigenvalue weighted by atomic mass is 9.92. The number of benzene rings is 3. The first-order valence-electron chi connectivity index (χ1n) is 16.1. The van der Waals surface area contributed by atoms with Crippen LogP contribution in [-0.4, -0.2) is 42.4 Å². The Morgan fingerprint density at radius 2 is 1.54 bits per heavy atom. The molecule has 1 aliphatic rings. The number of hydrogen-bond donors (Lipinski definition) is 2. The molecule has 0 bridgehead atoms. The van der Waals surface area contributed by atoms with Crippen LogP contribution in [-0.2, 0) is 20.5 Å². The van der Waals surface area contributed by atoms with Gasteiger partial charge in [0.2, 0.25) is 0 Å². The van der Waals surface area contributed by atoms with E-state index in [1.165, 1.54) is 14.9 Å². The van der Waals surface area contributed by atoms with Crippen LogP contribution in [0, 0.1) is 12.8 Å². The maximum atomic E-state index is 13.0. The van der Waals surface area contributed by atoms with E-state index in [4.69, 9.17) is 13.9 Å². The molecule has 0 saturated carbocycles. The van der Waals surface area contributed by atoms with Gasteiger partial charge in [-0.2, -0.15) is 12.6 Å². The van der Waals surface area contributed by atoms with E-state index in [9.17, 15) is 9.59 Å². The van der Waals surface area contributed by atoms with Gasteiger partial charge in [-0.05, 0) is 58.8 Å². The van der Waals surface area contributed by atoms with Gasteiger partial charge in [0.25, 0.3) is 13.9 Å². The van der Waals surface area contributed by atoms with Crippen LogP contribution in [0.5, 0.6) is 0 Å². The highest BCUT2D eigenvalue weighted by atomic mass is 32.1. The predicted octanol–water partition coefficient (Wildman–Crippen LogP) is 5.62. The van der Waals surface area contributed by atoms with Crippen LogP contribution in [0.3, 0.4) is 0 Å². The molecule has 3 aromatic carbocycles. The van der Waals surface area contributed by atoms with Crippen molar-refractivity contribution in [2.45, 2.75) is 77.0 Å². The van der Waals surface area contributed by atoms with E-state index in [0.717, 1.165) is 24.2 Å². The SMILES string of the molecule is Cc1cn([C@H]2C[C@H](CCCS)[C@@H](C(COCc3ccccc3)O[Si](c3ccccc3)(c3ccccc3)C(C)(C)C)O2)c(=O)[nH]c1=O. The number of nitrogens with zero attached hydrogens (tertiary/aromatic N) is 1. The summed E-state index contributed by atoms with van der Waals surface area (Å²) in [6.45, 7) is 9.25. The van der Waals surface area contributed by atoms with Crippen molar-refractivity contribution in [2.75, 3.05) is 12.4 Å². The number of H-pyrrole nitrogens is 1. The average Bonchev–Trinajstić information content (AvgIpc) is 3.48. The molecule has 46 heavy (non-hydrogen) atoms. The second-order valence-electron chi connectivity index (χ2n) is 13.2. The standard InChI is InChI=1S/C37H46N2O5SSi/c1-27-24-39(36(41)38-35(27)40)33-23-29(17-14-22-45)34(43-33)32(26-42-25-28-15-8-5-9-16-28)44-46(37(2,3)4,30-18-10-6-11-19-30)31-20-12-7-13-21-31/h5-13,15-16,18-21,24,29,32-34,45H,14,17,22-23,25-26H2,1-4H3,(H,38,40,41)/t29-,32?,33+,34-/m0/s1. The maximum absolute atomic E-state index is 13.0. The van der Waals surface area contributed by atoms with Crippen molar-refractivity contribution in [3.63, 3.8) is 0 Å². The molecule has 1 aliphatic heterocycles. The van der Waals surface area contributed by atoms with E-state index in [-0.39, 0.29) is 22.6 Å². The topological polar surface area (TPSA) is 82.6 Å². The Labute approximate surface area is 278 Å². The van der Waals surface area contributed by atoms with Gasteiger partial charge in [-0.1, -0.05) is 112 Å². The molecular weight excluding hydrogens is 613 g/mol. The van der Waals surface area contributed by atoms with Crippen molar-refractivity contribution in [3.8, 4) is 0 Å². The van der Waals surface area contributed by atoms with Crippen molar-refractivity contribution in [1.29, 1.82) is 0 Å². The first kappa shape index (κ1) is 34.1. The molecule has 1 unspecified atom stereocenters. The zero-order valence-electron chi connectivity index (χ0n) is 27.2. The highest BCUT2D eigenvalue weighted by molar-refractivity contribution is 7.80. The molecule has 4 aromatic rings. The molecule has 1 saturated heterocycles. The first-order valence-corrected chi connectivity index (χ1v) is 18.7. The summed E-state index contributed by atoms with van der Waals surface area (Å²) in [5.41, 5.74) is 0.687. The summed E-state index contributed by atoms with van der Waals surface area (Å²) in [7, 11) is -2.99. The van der Waals surface area contributed by atoms with Gasteiger partial charge in [-0.25, -0.2) is 4.79 Å². The third-order valence-corrected chi connectivity index (χ3v) is 14.4. The number of aryl methyl sites for hydroxylation is 1. The van der Waals surface area contributed by atoms with Crippen molar-refractivity contribution in [1.82, 2.24) is 9.55 Å². The number of aromatic amines is 1. The quantitative estimate of drug-likeness (QED) is 0.144. The molecular formula is C37H46N2O5SSi. The molecule has 5 rings (SSSR count).